The second-order valence-electron chi connectivity index (χ2n) is 6.40. The number of amides is 2. The molecule has 0 aromatic heterocycles. The van der Waals surface area contributed by atoms with Crippen LogP contribution < -0.4 is 14.8 Å². The maximum absolute atomic E-state index is 11.6. The molecule has 1 saturated carbocycles. The summed E-state index contributed by atoms with van der Waals surface area (Å²) in [5, 5.41) is 1.91. The molecule has 0 atom stereocenters. The molecule has 1 aromatic carbocycles. The third-order valence-electron chi connectivity index (χ3n) is 4.64. The number of benzene rings is 1. The second-order valence-corrected chi connectivity index (χ2v) is 7.42. The Morgan fingerprint density at radius 3 is 2.68 bits per heavy atom. The number of nitrogens with one attached hydrogen (secondary N) is 1. The zero-order valence-electron chi connectivity index (χ0n) is 14.4. The van der Waals surface area contributed by atoms with E-state index in [9.17, 15) is 9.59 Å². The quantitative estimate of drug-likeness (QED) is 0.762. The molecular formula is C19H23NO4S. The summed E-state index contributed by atoms with van der Waals surface area (Å²) in [6.45, 7) is 0.689. The van der Waals surface area contributed by atoms with E-state index in [4.69, 9.17) is 9.47 Å². The van der Waals surface area contributed by atoms with E-state index in [0.29, 0.717) is 23.0 Å². The Balaban J connectivity index is 1.62. The molecule has 2 amide bonds. The minimum absolute atomic E-state index is 0.342. The maximum Gasteiger partial charge on any atom is 0.290 e. The second kappa shape index (κ2) is 8.43. The third kappa shape index (κ3) is 4.78. The molecule has 1 aliphatic carbocycles. The highest BCUT2D eigenvalue weighted by molar-refractivity contribution is 8.18. The molecule has 25 heavy (non-hydrogen) atoms. The van der Waals surface area contributed by atoms with Gasteiger partial charge in [0.15, 0.2) is 11.5 Å². The highest BCUT2D eigenvalue weighted by atomic mass is 32.2. The fourth-order valence-electron chi connectivity index (χ4n) is 3.28. The molecule has 134 valence electrons. The molecule has 1 heterocycles. The summed E-state index contributed by atoms with van der Waals surface area (Å²) in [5.41, 5.74) is 0.795. The summed E-state index contributed by atoms with van der Waals surface area (Å²) in [7, 11) is 1.60. The molecule has 0 bridgehead atoms. The van der Waals surface area contributed by atoms with Gasteiger partial charge < -0.3 is 9.47 Å². The SMILES string of the molecule is COc1cc(/C=C2/SC(=O)NC2=O)ccc1OCCC1CCCCC1. The van der Waals surface area contributed by atoms with Crippen molar-refractivity contribution in [2.24, 2.45) is 5.92 Å². The van der Waals surface area contributed by atoms with Crippen molar-refractivity contribution in [3.8, 4) is 11.5 Å². The van der Waals surface area contributed by atoms with E-state index in [2.05, 4.69) is 5.32 Å². The summed E-state index contributed by atoms with van der Waals surface area (Å²) in [4.78, 5) is 23.2. The number of ether oxygens (including phenoxy) is 2. The van der Waals surface area contributed by atoms with Crippen LogP contribution in [-0.4, -0.2) is 24.9 Å². The summed E-state index contributed by atoms with van der Waals surface area (Å²) in [6, 6.07) is 5.53. The zero-order valence-corrected chi connectivity index (χ0v) is 15.2. The molecule has 6 heteroatoms. The molecule has 1 aromatic rings. The lowest BCUT2D eigenvalue weighted by Gasteiger charge is -2.21. The predicted molar refractivity (Wildman–Crippen MR) is 98.8 cm³/mol. The van der Waals surface area contributed by atoms with Crippen LogP contribution in [0, 0.1) is 5.92 Å². The minimum atomic E-state index is -0.359. The summed E-state index contributed by atoms with van der Waals surface area (Å²) < 4.78 is 11.3. The van der Waals surface area contributed by atoms with Gasteiger partial charge in [-0.1, -0.05) is 38.2 Å². The van der Waals surface area contributed by atoms with Gasteiger partial charge in [0.2, 0.25) is 0 Å². The first-order valence-corrected chi connectivity index (χ1v) is 9.53. The fourth-order valence-corrected chi connectivity index (χ4v) is 3.96. The van der Waals surface area contributed by atoms with Gasteiger partial charge in [0.25, 0.3) is 11.1 Å². The number of carbonyl (C=O) groups is 2. The van der Waals surface area contributed by atoms with Crippen molar-refractivity contribution in [1.82, 2.24) is 5.32 Å². The van der Waals surface area contributed by atoms with Crippen LogP contribution in [0.4, 0.5) is 4.79 Å². The topological polar surface area (TPSA) is 64.6 Å². The van der Waals surface area contributed by atoms with Gasteiger partial charge in [-0.3, -0.25) is 14.9 Å². The molecule has 1 aliphatic heterocycles. The number of carbonyl (C=O) groups excluding carboxylic acids is 2. The monoisotopic (exact) mass is 361 g/mol. The van der Waals surface area contributed by atoms with E-state index in [0.717, 1.165) is 29.7 Å². The number of methoxy groups -OCH3 is 1. The first kappa shape index (κ1) is 17.9. The van der Waals surface area contributed by atoms with Crippen LogP contribution >= 0.6 is 11.8 Å². The maximum atomic E-state index is 11.6. The van der Waals surface area contributed by atoms with Crippen LogP contribution in [-0.2, 0) is 4.79 Å². The minimum Gasteiger partial charge on any atom is -0.493 e. The summed E-state index contributed by atoms with van der Waals surface area (Å²) in [5.74, 6) is 1.76. The van der Waals surface area contributed by atoms with E-state index < -0.39 is 0 Å². The molecule has 0 radical (unpaired) electrons. The number of hydrogen-bond donors (Lipinski definition) is 1. The third-order valence-corrected chi connectivity index (χ3v) is 5.45. The first-order valence-electron chi connectivity index (χ1n) is 8.71. The van der Waals surface area contributed by atoms with Crippen LogP contribution in [0.3, 0.4) is 0 Å². The Kier molecular flexibility index (Phi) is 6.02. The molecule has 0 spiro atoms. The van der Waals surface area contributed by atoms with Gasteiger partial charge in [-0.15, -0.1) is 0 Å². The zero-order chi connectivity index (χ0) is 17.6. The van der Waals surface area contributed by atoms with Crippen molar-refractivity contribution in [1.29, 1.82) is 0 Å². The molecule has 0 unspecified atom stereocenters. The normalized spacial score (nSPS) is 20.0. The number of imide groups is 1. The van der Waals surface area contributed by atoms with E-state index in [-0.39, 0.29) is 11.1 Å². The van der Waals surface area contributed by atoms with E-state index in [1.54, 1.807) is 13.2 Å². The van der Waals surface area contributed by atoms with Crippen LogP contribution in [0.15, 0.2) is 23.1 Å². The Morgan fingerprint density at radius 1 is 1.20 bits per heavy atom. The standard InChI is InChI=1S/C19H23NO4S/c1-23-16-11-14(12-17-18(21)20-19(22)25-17)7-8-15(16)24-10-9-13-5-3-2-4-6-13/h7-8,11-13H,2-6,9-10H2,1H3,(H,20,21,22)/b17-12+. The van der Waals surface area contributed by atoms with Gasteiger partial charge in [0.1, 0.15) is 0 Å². The van der Waals surface area contributed by atoms with E-state index in [1.807, 2.05) is 18.2 Å². The predicted octanol–water partition coefficient (Wildman–Crippen LogP) is 4.37. The van der Waals surface area contributed by atoms with Crippen molar-refractivity contribution in [3.63, 3.8) is 0 Å². The number of hydrogen-bond acceptors (Lipinski definition) is 5. The van der Waals surface area contributed by atoms with Crippen LogP contribution in [0.1, 0.15) is 44.1 Å². The summed E-state index contributed by atoms with van der Waals surface area (Å²) in [6.07, 6.45) is 9.42. The van der Waals surface area contributed by atoms with Crippen molar-refractivity contribution < 1.29 is 19.1 Å². The molecule has 2 aliphatic rings. The Morgan fingerprint density at radius 2 is 2.00 bits per heavy atom. The highest BCUT2D eigenvalue weighted by Gasteiger charge is 2.25. The first-order chi connectivity index (χ1) is 12.2. The van der Waals surface area contributed by atoms with Crippen LogP contribution in [0.5, 0.6) is 11.5 Å². The van der Waals surface area contributed by atoms with E-state index >= 15 is 0 Å². The largest absolute Gasteiger partial charge is 0.493 e. The Bertz CT molecular complexity index is 680. The van der Waals surface area contributed by atoms with Crippen molar-refractivity contribution in [3.05, 3.63) is 28.7 Å². The smallest absolute Gasteiger partial charge is 0.290 e. The lowest BCUT2D eigenvalue weighted by atomic mass is 9.87. The average molecular weight is 361 g/mol. The van der Waals surface area contributed by atoms with Crippen molar-refractivity contribution in [2.45, 2.75) is 38.5 Å². The van der Waals surface area contributed by atoms with E-state index in [1.165, 1.54) is 32.1 Å². The van der Waals surface area contributed by atoms with Crippen molar-refractivity contribution in [2.75, 3.05) is 13.7 Å². The molecule has 1 saturated heterocycles. The molecule has 1 N–H and O–H groups in total. The van der Waals surface area contributed by atoms with Crippen molar-refractivity contribution >= 4 is 29.0 Å². The fraction of sp³-hybridized carbons (Fsp3) is 0.474. The Labute approximate surface area is 152 Å². The Hall–Kier alpha value is -1.95. The van der Waals surface area contributed by atoms with Gasteiger partial charge in [0.05, 0.1) is 18.6 Å². The average Bonchev–Trinajstić information content (AvgIpc) is 2.94. The van der Waals surface area contributed by atoms with Gasteiger partial charge in [-0.2, -0.15) is 0 Å². The lowest BCUT2D eigenvalue weighted by Crippen LogP contribution is -2.17. The number of rotatable bonds is 6. The van der Waals surface area contributed by atoms with Gasteiger partial charge in [-0.05, 0) is 47.9 Å². The van der Waals surface area contributed by atoms with Gasteiger partial charge >= 0.3 is 0 Å². The van der Waals surface area contributed by atoms with Gasteiger partial charge in [-0.25, -0.2) is 0 Å². The molecular weight excluding hydrogens is 338 g/mol. The highest BCUT2D eigenvalue weighted by Crippen LogP contribution is 2.32. The number of thioether (sulfide) groups is 1. The van der Waals surface area contributed by atoms with Crippen LogP contribution in [0.2, 0.25) is 0 Å². The summed E-state index contributed by atoms with van der Waals surface area (Å²) >= 11 is 0.905. The molecule has 2 fully saturated rings. The van der Waals surface area contributed by atoms with Crippen LogP contribution in [0.25, 0.3) is 6.08 Å². The molecule has 5 nitrogen and oxygen atoms in total. The lowest BCUT2D eigenvalue weighted by molar-refractivity contribution is -0.115. The van der Waals surface area contributed by atoms with Gasteiger partial charge in [0, 0.05) is 0 Å². The molecule has 3 rings (SSSR count).